The molecule has 0 saturated heterocycles. The van der Waals surface area contributed by atoms with E-state index in [1.165, 1.54) is 6.21 Å². The highest BCUT2D eigenvalue weighted by Crippen LogP contribution is 2.32. The first kappa shape index (κ1) is 10.1. The van der Waals surface area contributed by atoms with Gasteiger partial charge in [0.05, 0.1) is 17.5 Å². The molecular formula is C8H14N3O2. The van der Waals surface area contributed by atoms with E-state index in [1.54, 1.807) is 27.7 Å². The zero-order chi connectivity index (χ0) is 10.3. The Bertz CT molecular complexity index is 269. The molecule has 0 atom stereocenters. The summed E-state index contributed by atoms with van der Waals surface area (Å²) in [5.41, 5.74) is -1.01. The molecule has 0 aromatic carbocycles. The fraction of sp³-hybridized carbons (Fsp3) is 0.750. The Kier molecular flexibility index (Phi) is 2.17. The minimum absolute atomic E-state index is 0.495. The predicted octanol–water partition coefficient (Wildman–Crippen LogP) is 1.06. The lowest BCUT2D eigenvalue weighted by Crippen LogP contribution is -2.49. The molecule has 0 spiro atoms. The van der Waals surface area contributed by atoms with Crippen molar-refractivity contribution in [1.29, 1.82) is 0 Å². The second kappa shape index (κ2) is 2.78. The van der Waals surface area contributed by atoms with E-state index in [0.717, 1.165) is 5.06 Å². The molecule has 1 heterocycles. The highest BCUT2D eigenvalue weighted by Gasteiger charge is 2.47. The molecule has 0 aromatic heterocycles. The Hall–Kier alpha value is -0.940. The first-order valence-corrected chi connectivity index (χ1v) is 4.07. The molecule has 0 bridgehead atoms. The number of rotatable bonds is 1. The van der Waals surface area contributed by atoms with Crippen LogP contribution in [0.4, 0.5) is 0 Å². The van der Waals surface area contributed by atoms with Gasteiger partial charge in [-0.05, 0) is 27.7 Å². The van der Waals surface area contributed by atoms with Gasteiger partial charge in [-0.2, -0.15) is 0 Å². The summed E-state index contributed by atoms with van der Waals surface area (Å²) in [7, 11) is 0. The van der Waals surface area contributed by atoms with Gasteiger partial charge in [-0.15, -0.1) is 10.3 Å². The topological polar surface area (TPSA) is 68.1 Å². The Labute approximate surface area is 77.3 Å². The lowest BCUT2D eigenvalue weighted by Gasteiger charge is -2.30. The van der Waals surface area contributed by atoms with Crippen LogP contribution in [0.25, 0.3) is 0 Å². The normalized spacial score (nSPS) is 26.7. The van der Waals surface area contributed by atoms with E-state index in [2.05, 4.69) is 10.1 Å². The van der Waals surface area contributed by atoms with Gasteiger partial charge in [-0.3, -0.25) is 4.99 Å². The Morgan fingerprint density at radius 2 is 2.00 bits per heavy atom. The highest BCUT2D eigenvalue weighted by molar-refractivity contribution is 6.34. The van der Waals surface area contributed by atoms with Crippen LogP contribution in [0.15, 0.2) is 10.1 Å². The summed E-state index contributed by atoms with van der Waals surface area (Å²) in [6.45, 7) is 6.93. The molecule has 0 aliphatic carbocycles. The van der Waals surface area contributed by atoms with Crippen LogP contribution in [0, 0.1) is 0 Å². The van der Waals surface area contributed by atoms with Crippen LogP contribution in [-0.4, -0.2) is 33.4 Å². The quantitative estimate of drug-likeness (QED) is 0.376. The van der Waals surface area contributed by atoms with Crippen molar-refractivity contribution in [2.24, 2.45) is 10.1 Å². The van der Waals surface area contributed by atoms with Gasteiger partial charge in [-0.1, -0.05) is 5.16 Å². The van der Waals surface area contributed by atoms with Crippen LogP contribution in [0.5, 0.6) is 0 Å². The van der Waals surface area contributed by atoms with E-state index in [1.807, 2.05) is 0 Å². The monoisotopic (exact) mass is 184 g/mol. The largest absolute Gasteiger partial charge is 0.411 e. The Morgan fingerprint density at radius 1 is 1.46 bits per heavy atom. The van der Waals surface area contributed by atoms with E-state index < -0.39 is 11.2 Å². The number of hydrogen-bond acceptors (Lipinski definition) is 4. The molecule has 5 nitrogen and oxygen atoms in total. The van der Waals surface area contributed by atoms with Gasteiger partial charge in [-0.25, -0.2) is 0 Å². The molecule has 0 unspecified atom stereocenters. The van der Waals surface area contributed by atoms with Gasteiger partial charge >= 0.3 is 0 Å². The van der Waals surface area contributed by atoms with Gasteiger partial charge in [0.25, 0.3) is 0 Å². The molecule has 73 valence electrons. The average molecular weight is 184 g/mol. The van der Waals surface area contributed by atoms with Crippen LogP contribution in [0.2, 0.25) is 0 Å². The second-order valence-corrected chi connectivity index (χ2v) is 4.09. The second-order valence-electron chi connectivity index (χ2n) is 4.09. The summed E-state index contributed by atoms with van der Waals surface area (Å²) in [5, 5.41) is 23.9. The Balaban J connectivity index is 3.09. The minimum atomic E-state index is -0.778. The molecular weight excluding hydrogens is 170 g/mol. The molecule has 1 radical (unpaired) electrons. The SMILES string of the molecule is CC1(C)N=C(C=NO)C(C)(C)N1[O]. The van der Waals surface area contributed by atoms with Crippen molar-refractivity contribution in [1.82, 2.24) is 5.06 Å². The number of hydrogen-bond donors (Lipinski definition) is 1. The maximum absolute atomic E-state index is 11.7. The lowest BCUT2D eigenvalue weighted by atomic mass is 9.99. The summed E-state index contributed by atoms with van der Waals surface area (Å²) in [4.78, 5) is 4.16. The van der Waals surface area contributed by atoms with E-state index >= 15 is 0 Å². The summed E-state index contributed by atoms with van der Waals surface area (Å²) >= 11 is 0. The molecule has 5 heteroatoms. The van der Waals surface area contributed by atoms with Crippen molar-refractivity contribution in [2.75, 3.05) is 0 Å². The Morgan fingerprint density at radius 3 is 2.31 bits per heavy atom. The lowest BCUT2D eigenvalue weighted by molar-refractivity contribution is -0.240. The van der Waals surface area contributed by atoms with E-state index in [-0.39, 0.29) is 0 Å². The molecule has 1 rings (SSSR count). The van der Waals surface area contributed by atoms with Gasteiger partial charge in [0.2, 0.25) is 0 Å². The zero-order valence-electron chi connectivity index (χ0n) is 8.27. The van der Waals surface area contributed by atoms with Gasteiger partial charge in [0.15, 0.2) is 0 Å². The summed E-state index contributed by atoms with van der Waals surface area (Å²) in [6, 6.07) is 0. The van der Waals surface area contributed by atoms with Gasteiger partial charge in [0, 0.05) is 0 Å². The smallest absolute Gasteiger partial charge is 0.134 e. The van der Waals surface area contributed by atoms with E-state index in [0.29, 0.717) is 5.71 Å². The van der Waals surface area contributed by atoms with Crippen LogP contribution >= 0.6 is 0 Å². The summed E-state index contributed by atoms with van der Waals surface area (Å²) in [5.74, 6) is 0. The van der Waals surface area contributed by atoms with Crippen molar-refractivity contribution in [3.63, 3.8) is 0 Å². The van der Waals surface area contributed by atoms with Crippen molar-refractivity contribution >= 4 is 11.9 Å². The van der Waals surface area contributed by atoms with Crippen molar-refractivity contribution in [2.45, 2.75) is 38.9 Å². The zero-order valence-corrected chi connectivity index (χ0v) is 8.27. The van der Waals surface area contributed by atoms with Crippen LogP contribution in [-0.2, 0) is 5.21 Å². The predicted molar refractivity (Wildman–Crippen MR) is 48.4 cm³/mol. The van der Waals surface area contributed by atoms with Crippen LogP contribution in [0.1, 0.15) is 27.7 Å². The molecule has 1 N–H and O–H groups in total. The number of oxime groups is 1. The summed E-state index contributed by atoms with van der Waals surface area (Å²) in [6.07, 6.45) is 1.21. The third-order valence-electron chi connectivity index (χ3n) is 2.21. The maximum Gasteiger partial charge on any atom is 0.134 e. The average Bonchev–Trinajstić information content (AvgIpc) is 2.14. The number of hydroxylamine groups is 2. The van der Waals surface area contributed by atoms with Crippen LogP contribution < -0.4 is 0 Å². The van der Waals surface area contributed by atoms with E-state index in [4.69, 9.17) is 5.21 Å². The molecule has 0 saturated carbocycles. The highest BCUT2D eigenvalue weighted by atomic mass is 16.5. The van der Waals surface area contributed by atoms with Crippen molar-refractivity contribution < 1.29 is 10.4 Å². The first-order chi connectivity index (χ1) is 5.82. The molecule has 13 heavy (non-hydrogen) atoms. The van der Waals surface area contributed by atoms with Crippen LogP contribution in [0.3, 0.4) is 0 Å². The molecule has 0 aromatic rings. The molecule has 1 aliphatic heterocycles. The first-order valence-electron chi connectivity index (χ1n) is 4.07. The van der Waals surface area contributed by atoms with Gasteiger partial charge in [0.1, 0.15) is 5.66 Å². The standard InChI is InChI=1S/C8H14N3O2/c1-7(2)6(5-9-12)10-8(3,4)11(7)13/h5,12H,1-4H3. The summed E-state index contributed by atoms with van der Waals surface area (Å²) < 4.78 is 0. The van der Waals surface area contributed by atoms with Crippen molar-refractivity contribution in [3.8, 4) is 0 Å². The molecule has 0 fully saturated rings. The molecule has 0 amide bonds. The van der Waals surface area contributed by atoms with Gasteiger partial charge < -0.3 is 5.21 Å². The fourth-order valence-corrected chi connectivity index (χ4v) is 1.51. The number of nitrogens with zero attached hydrogens (tertiary/aromatic N) is 3. The number of aliphatic imine (C=N–C) groups is 1. The third kappa shape index (κ3) is 1.45. The molecule has 1 aliphatic rings. The van der Waals surface area contributed by atoms with Crippen molar-refractivity contribution in [3.05, 3.63) is 0 Å². The van der Waals surface area contributed by atoms with E-state index in [9.17, 15) is 5.21 Å². The maximum atomic E-state index is 11.7. The third-order valence-corrected chi connectivity index (χ3v) is 2.21. The fourth-order valence-electron chi connectivity index (χ4n) is 1.51. The minimum Gasteiger partial charge on any atom is -0.411 e.